The average molecular weight is 491 g/mol. The Hall–Kier alpha value is -3.22. The molecule has 4 rings (SSSR count). The van der Waals surface area contributed by atoms with Crippen LogP contribution in [0.1, 0.15) is 83.2 Å². The molecule has 35 heavy (non-hydrogen) atoms. The van der Waals surface area contributed by atoms with Gasteiger partial charge in [0.2, 0.25) is 0 Å². The number of aromatic nitrogens is 1. The van der Waals surface area contributed by atoms with Gasteiger partial charge in [-0.05, 0) is 79.0 Å². The van der Waals surface area contributed by atoms with Crippen molar-refractivity contribution in [3.63, 3.8) is 0 Å². The monoisotopic (exact) mass is 490 g/mol. The van der Waals surface area contributed by atoms with Crippen LogP contribution in [0.3, 0.4) is 0 Å². The first-order valence-corrected chi connectivity index (χ1v) is 12.4. The summed E-state index contributed by atoms with van der Waals surface area (Å²) in [6, 6.07) is 16.6. The van der Waals surface area contributed by atoms with Gasteiger partial charge < -0.3 is 16.4 Å². The van der Waals surface area contributed by atoms with Gasteiger partial charge in [-0.2, -0.15) is 0 Å². The fraction of sp³-hybridized carbons (Fsp3) is 0.321. The molecule has 0 aliphatic heterocycles. The second-order valence-corrected chi connectivity index (χ2v) is 9.87. The van der Waals surface area contributed by atoms with Crippen molar-refractivity contribution in [1.82, 2.24) is 4.98 Å². The number of halogens is 1. The molecular weight excluding hydrogens is 460 g/mol. The first kappa shape index (κ1) is 24.9. The zero-order chi connectivity index (χ0) is 24.9. The zero-order valence-electron chi connectivity index (χ0n) is 20.1. The summed E-state index contributed by atoms with van der Waals surface area (Å²) < 4.78 is 0. The van der Waals surface area contributed by atoms with Gasteiger partial charge in [0.15, 0.2) is 0 Å². The maximum atomic E-state index is 13.5. The van der Waals surface area contributed by atoms with E-state index in [-0.39, 0.29) is 17.9 Å². The molecule has 0 unspecified atom stereocenters. The molecule has 0 saturated heterocycles. The Morgan fingerprint density at radius 1 is 0.943 bits per heavy atom. The standard InChI is InChI=1S/C28H31ClN4O2/c1-17(2)19-9-13-22(24(15-19)18-7-11-21(30)12-8-18)27(34)32-25-6-4-3-5-23(25)28(35)33-26-14-10-20(29)16-31-26/h3-6,9-10,13-18,21H,7-8,11-12,30H2,1-2H3,(H,32,34)(H,31,33,35). The summed E-state index contributed by atoms with van der Waals surface area (Å²) in [5, 5.41) is 6.21. The van der Waals surface area contributed by atoms with Gasteiger partial charge in [0.25, 0.3) is 11.8 Å². The Morgan fingerprint density at radius 2 is 1.66 bits per heavy atom. The van der Waals surface area contributed by atoms with Crippen molar-refractivity contribution in [2.45, 2.75) is 57.4 Å². The number of amides is 2. The summed E-state index contributed by atoms with van der Waals surface area (Å²) in [4.78, 5) is 30.6. The summed E-state index contributed by atoms with van der Waals surface area (Å²) in [5.41, 5.74) is 9.84. The Bertz CT molecular complexity index is 1200. The highest BCUT2D eigenvalue weighted by Crippen LogP contribution is 2.36. The van der Waals surface area contributed by atoms with Crippen molar-refractivity contribution in [2.24, 2.45) is 5.73 Å². The molecular formula is C28H31ClN4O2. The molecule has 1 aliphatic rings. The fourth-order valence-corrected chi connectivity index (χ4v) is 4.64. The molecule has 182 valence electrons. The highest BCUT2D eigenvalue weighted by Gasteiger charge is 2.25. The van der Waals surface area contributed by atoms with Crippen LogP contribution < -0.4 is 16.4 Å². The van der Waals surface area contributed by atoms with Crippen LogP contribution in [-0.2, 0) is 0 Å². The lowest BCUT2D eigenvalue weighted by Gasteiger charge is -2.28. The summed E-state index contributed by atoms with van der Waals surface area (Å²) in [6.45, 7) is 4.31. The third-order valence-electron chi connectivity index (χ3n) is 6.59. The molecule has 1 aliphatic carbocycles. The Morgan fingerprint density at radius 3 is 2.34 bits per heavy atom. The van der Waals surface area contributed by atoms with Gasteiger partial charge in [-0.25, -0.2) is 4.98 Å². The summed E-state index contributed by atoms with van der Waals surface area (Å²) in [5.74, 6) is 0.441. The minimum atomic E-state index is -0.368. The van der Waals surface area contributed by atoms with E-state index in [9.17, 15) is 9.59 Å². The quantitative estimate of drug-likeness (QED) is 0.375. The normalized spacial score (nSPS) is 17.7. The molecule has 1 heterocycles. The van der Waals surface area contributed by atoms with Crippen molar-refractivity contribution in [3.8, 4) is 0 Å². The number of anilines is 2. The third-order valence-corrected chi connectivity index (χ3v) is 6.81. The molecule has 2 aromatic carbocycles. The van der Waals surface area contributed by atoms with E-state index in [1.807, 2.05) is 12.1 Å². The molecule has 0 bridgehead atoms. The third kappa shape index (κ3) is 6.08. The van der Waals surface area contributed by atoms with E-state index in [1.165, 1.54) is 11.8 Å². The lowest BCUT2D eigenvalue weighted by Crippen LogP contribution is -2.27. The van der Waals surface area contributed by atoms with Crippen LogP contribution in [-0.4, -0.2) is 22.8 Å². The Balaban J connectivity index is 1.59. The van der Waals surface area contributed by atoms with Crippen molar-refractivity contribution < 1.29 is 9.59 Å². The number of carbonyl (C=O) groups excluding carboxylic acids is 2. The number of hydrogen-bond acceptors (Lipinski definition) is 4. The molecule has 0 atom stereocenters. The van der Waals surface area contributed by atoms with E-state index in [1.54, 1.807) is 36.4 Å². The van der Waals surface area contributed by atoms with E-state index in [0.29, 0.717) is 39.5 Å². The van der Waals surface area contributed by atoms with Gasteiger partial charge in [0.05, 0.1) is 16.3 Å². The molecule has 7 heteroatoms. The van der Waals surface area contributed by atoms with Crippen LogP contribution in [0.4, 0.5) is 11.5 Å². The SMILES string of the molecule is CC(C)c1ccc(C(=O)Nc2ccccc2C(=O)Nc2ccc(Cl)cn2)c(C2CCC(N)CC2)c1. The molecule has 1 saturated carbocycles. The highest BCUT2D eigenvalue weighted by molar-refractivity contribution is 6.30. The van der Waals surface area contributed by atoms with Crippen molar-refractivity contribution in [3.05, 3.63) is 88.1 Å². The fourth-order valence-electron chi connectivity index (χ4n) is 4.53. The van der Waals surface area contributed by atoms with Crippen LogP contribution in [0.25, 0.3) is 0 Å². The zero-order valence-corrected chi connectivity index (χ0v) is 20.8. The number of benzene rings is 2. The largest absolute Gasteiger partial charge is 0.328 e. The Kier molecular flexibility index (Phi) is 7.83. The number of hydrogen-bond donors (Lipinski definition) is 3. The number of rotatable bonds is 6. The molecule has 6 nitrogen and oxygen atoms in total. The molecule has 3 aromatic rings. The number of nitrogens with one attached hydrogen (secondary N) is 2. The van der Waals surface area contributed by atoms with Gasteiger partial charge in [-0.1, -0.05) is 49.7 Å². The van der Waals surface area contributed by atoms with Crippen LogP contribution in [0.15, 0.2) is 60.8 Å². The topological polar surface area (TPSA) is 97.1 Å². The first-order valence-electron chi connectivity index (χ1n) is 12.0. The van der Waals surface area contributed by atoms with Crippen LogP contribution in [0, 0.1) is 0 Å². The molecule has 0 radical (unpaired) electrons. The minimum Gasteiger partial charge on any atom is -0.328 e. The summed E-state index contributed by atoms with van der Waals surface area (Å²) in [6.07, 6.45) is 5.32. The molecule has 4 N–H and O–H groups in total. The maximum Gasteiger partial charge on any atom is 0.258 e. The van der Waals surface area contributed by atoms with Gasteiger partial charge in [0.1, 0.15) is 5.82 Å². The van der Waals surface area contributed by atoms with Crippen LogP contribution in [0.5, 0.6) is 0 Å². The van der Waals surface area contributed by atoms with Crippen molar-refractivity contribution in [2.75, 3.05) is 10.6 Å². The van der Waals surface area contributed by atoms with Crippen molar-refractivity contribution >= 4 is 34.9 Å². The number of nitrogens with two attached hydrogens (primary N) is 1. The van der Waals surface area contributed by atoms with Crippen molar-refractivity contribution in [1.29, 1.82) is 0 Å². The van der Waals surface area contributed by atoms with Gasteiger partial charge >= 0.3 is 0 Å². The van der Waals surface area contributed by atoms with Crippen LogP contribution in [0.2, 0.25) is 5.02 Å². The van der Waals surface area contributed by atoms with E-state index < -0.39 is 0 Å². The minimum absolute atomic E-state index is 0.227. The number of nitrogens with zero attached hydrogens (tertiary/aromatic N) is 1. The predicted molar refractivity (Wildman–Crippen MR) is 141 cm³/mol. The van der Waals surface area contributed by atoms with Gasteiger partial charge in [-0.15, -0.1) is 0 Å². The molecule has 0 spiro atoms. The first-order chi connectivity index (χ1) is 16.8. The van der Waals surface area contributed by atoms with Crippen LogP contribution >= 0.6 is 11.6 Å². The Labute approximate surface area is 211 Å². The van der Waals surface area contributed by atoms with E-state index in [2.05, 4.69) is 35.5 Å². The second kappa shape index (κ2) is 11.0. The van der Waals surface area contributed by atoms with E-state index in [4.69, 9.17) is 17.3 Å². The van der Waals surface area contributed by atoms with E-state index >= 15 is 0 Å². The van der Waals surface area contributed by atoms with E-state index in [0.717, 1.165) is 31.2 Å². The lowest BCUT2D eigenvalue weighted by molar-refractivity contribution is 0.102. The molecule has 1 aromatic heterocycles. The second-order valence-electron chi connectivity index (χ2n) is 9.43. The number of carbonyl (C=O) groups is 2. The smallest absolute Gasteiger partial charge is 0.258 e. The number of pyridine rings is 1. The molecule has 2 amide bonds. The molecule has 1 fully saturated rings. The summed E-state index contributed by atoms with van der Waals surface area (Å²) in [7, 11) is 0. The lowest BCUT2D eigenvalue weighted by atomic mass is 9.79. The summed E-state index contributed by atoms with van der Waals surface area (Å²) >= 11 is 5.88. The highest BCUT2D eigenvalue weighted by atomic mass is 35.5. The number of para-hydroxylation sites is 1. The van der Waals surface area contributed by atoms with Gasteiger partial charge in [-0.3, -0.25) is 9.59 Å². The average Bonchev–Trinajstić information content (AvgIpc) is 2.85. The van der Waals surface area contributed by atoms with Gasteiger partial charge in [0, 0.05) is 17.8 Å². The predicted octanol–water partition coefficient (Wildman–Crippen LogP) is 6.35. The maximum absolute atomic E-state index is 13.5.